The van der Waals surface area contributed by atoms with E-state index >= 15 is 0 Å². The maximum absolute atomic E-state index is 12.9. The molecule has 1 amide bonds. The number of amides is 1. The van der Waals surface area contributed by atoms with Crippen molar-refractivity contribution in [2.75, 3.05) is 17.2 Å². The third-order valence-corrected chi connectivity index (χ3v) is 3.90. The summed E-state index contributed by atoms with van der Waals surface area (Å²) in [5.74, 6) is 1.18. The number of nitrogens with two attached hydrogens (primary N) is 1. The molecule has 2 rings (SSSR count). The van der Waals surface area contributed by atoms with Gasteiger partial charge in [0.2, 0.25) is 0 Å². The first-order valence-corrected chi connectivity index (χ1v) is 7.34. The van der Waals surface area contributed by atoms with Gasteiger partial charge in [-0.3, -0.25) is 4.79 Å². The van der Waals surface area contributed by atoms with Gasteiger partial charge in [0.1, 0.15) is 5.75 Å². The minimum Gasteiger partial charge on any atom is -0.475 e. The molecule has 0 saturated carbocycles. The Morgan fingerprint density at radius 2 is 1.95 bits per heavy atom. The predicted octanol–water partition coefficient (Wildman–Crippen LogP) is 3.21. The maximum Gasteiger partial charge on any atom is 0.271 e. The van der Waals surface area contributed by atoms with Crippen LogP contribution in [0.4, 0.5) is 11.4 Å². The van der Waals surface area contributed by atoms with E-state index in [9.17, 15) is 4.79 Å². The van der Waals surface area contributed by atoms with Gasteiger partial charge in [-0.05, 0) is 30.9 Å². The van der Waals surface area contributed by atoms with Crippen LogP contribution in [0.3, 0.4) is 0 Å². The maximum atomic E-state index is 12.9. The molecular weight excluding hydrogens is 252 g/mol. The molecule has 0 atom stereocenters. The van der Waals surface area contributed by atoms with Crippen molar-refractivity contribution in [1.29, 1.82) is 0 Å². The molecule has 20 heavy (non-hydrogen) atoms. The summed E-state index contributed by atoms with van der Waals surface area (Å²) in [6.07, 6.45) is 1.32. The number of nitrogens with zero attached hydrogens (tertiary/aromatic N) is 1. The number of carbonyl (C=O) groups is 1. The Kier molecular flexibility index (Phi) is 3.93. The highest BCUT2D eigenvalue weighted by Gasteiger charge is 2.45. The molecule has 0 radical (unpaired) electrons. The molecule has 1 aliphatic rings. The zero-order valence-corrected chi connectivity index (χ0v) is 12.8. The van der Waals surface area contributed by atoms with Gasteiger partial charge in [0.25, 0.3) is 5.91 Å². The summed E-state index contributed by atoms with van der Waals surface area (Å²) in [5.41, 5.74) is 6.58. The second kappa shape index (κ2) is 5.35. The lowest BCUT2D eigenvalue weighted by Gasteiger charge is -2.42. The molecule has 2 N–H and O–H groups in total. The van der Waals surface area contributed by atoms with E-state index in [4.69, 9.17) is 10.5 Å². The largest absolute Gasteiger partial charge is 0.475 e. The molecule has 1 aliphatic heterocycles. The molecule has 110 valence electrons. The van der Waals surface area contributed by atoms with Crippen LogP contribution in [0, 0.1) is 5.92 Å². The average molecular weight is 276 g/mol. The van der Waals surface area contributed by atoms with Gasteiger partial charge in [-0.15, -0.1) is 0 Å². The number of fused-ring (bicyclic) bond motifs is 1. The van der Waals surface area contributed by atoms with Crippen LogP contribution in [0.15, 0.2) is 18.2 Å². The van der Waals surface area contributed by atoms with Crippen LogP contribution in [0.5, 0.6) is 5.75 Å². The lowest BCUT2D eigenvalue weighted by molar-refractivity contribution is -0.136. The Morgan fingerprint density at radius 3 is 2.50 bits per heavy atom. The summed E-state index contributed by atoms with van der Waals surface area (Å²) in [6, 6.07) is 5.50. The summed E-state index contributed by atoms with van der Waals surface area (Å²) in [5, 5.41) is 0. The Balaban J connectivity index is 2.52. The number of anilines is 2. The van der Waals surface area contributed by atoms with Crippen molar-refractivity contribution in [2.24, 2.45) is 5.92 Å². The minimum absolute atomic E-state index is 0.0634. The monoisotopic (exact) mass is 276 g/mol. The summed E-state index contributed by atoms with van der Waals surface area (Å²) < 4.78 is 6.05. The van der Waals surface area contributed by atoms with Crippen LogP contribution in [-0.2, 0) is 4.79 Å². The highest BCUT2D eigenvalue weighted by Crippen LogP contribution is 2.41. The van der Waals surface area contributed by atoms with Crippen LogP contribution >= 0.6 is 0 Å². The van der Waals surface area contributed by atoms with E-state index in [1.165, 1.54) is 0 Å². The minimum atomic E-state index is -0.754. The Labute approximate surface area is 120 Å². The zero-order valence-electron chi connectivity index (χ0n) is 12.8. The molecule has 0 aromatic heterocycles. The molecule has 1 aromatic carbocycles. The van der Waals surface area contributed by atoms with Crippen molar-refractivity contribution in [3.63, 3.8) is 0 Å². The highest BCUT2D eigenvalue weighted by molar-refractivity contribution is 6.03. The Morgan fingerprint density at radius 1 is 1.30 bits per heavy atom. The van der Waals surface area contributed by atoms with Crippen LogP contribution in [0.1, 0.15) is 40.5 Å². The lowest BCUT2D eigenvalue weighted by atomic mass is 9.92. The number of nitrogen functional groups attached to an aromatic ring is 1. The van der Waals surface area contributed by atoms with Crippen molar-refractivity contribution >= 4 is 17.3 Å². The van der Waals surface area contributed by atoms with Gasteiger partial charge in [0.05, 0.1) is 5.69 Å². The number of hydrogen-bond donors (Lipinski definition) is 1. The summed E-state index contributed by atoms with van der Waals surface area (Å²) in [6.45, 7) is 8.90. The van der Waals surface area contributed by atoms with Crippen molar-refractivity contribution in [3.8, 4) is 5.75 Å². The van der Waals surface area contributed by atoms with Crippen LogP contribution in [0.25, 0.3) is 0 Å². The fourth-order valence-electron chi connectivity index (χ4n) is 2.69. The summed E-state index contributed by atoms with van der Waals surface area (Å²) in [7, 11) is 0. The van der Waals surface area contributed by atoms with Crippen LogP contribution < -0.4 is 15.4 Å². The first-order chi connectivity index (χ1) is 9.43. The summed E-state index contributed by atoms with van der Waals surface area (Å²) >= 11 is 0. The zero-order chi connectivity index (χ0) is 14.9. The second-order valence-electron chi connectivity index (χ2n) is 5.84. The molecule has 0 aliphatic carbocycles. The average Bonchev–Trinajstić information content (AvgIpc) is 2.41. The quantitative estimate of drug-likeness (QED) is 0.859. The third kappa shape index (κ3) is 2.35. The fraction of sp³-hybridized carbons (Fsp3) is 0.562. The molecule has 1 aromatic rings. The molecule has 0 bridgehead atoms. The Hall–Kier alpha value is -1.71. The van der Waals surface area contributed by atoms with Crippen molar-refractivity contribution < 1.29 is 9.53 Å². The molecule has 4 heteroatoms. The van der Waals surface area contributed by atoms with E-state index in [0.29, 0.717) is 36.7 Å². The van der Waals surface area contributed by atoms with Gasteiger partial charge in [0.15, 0.2) is 5.60 Å². The molecule has 1 heterocycles. The van der Waals surface area contributed by atoms with Crippen molar-refractivity contribution in [2.45, 2.75) is 46.1 Å². The van der Waals surface area contributed by atoms with Gasteiger partial charge in [-0.25, -0.2) is 0 Å². The molecule has 0 spiro atoms. The second-order valence-corrected chi connectivity index (χ2v) is 5.84. The normalized spacial score (nSPS) is 17.1. The fourth-order valence-corrected chi connectivity index (χ4v) is 2.69. The smallest absolute Gasteiger partial charge is 0.271 e. The number of hydrogen-bond acceptors (Lipinski definition) is 3. The molecule has 4 nitrogen and oxygen atoms in total. The molecule has 0 fully saturated rings. The van der Waals surface area contributed by atoms with Gasteiger partial charge in [0, 0.05) is 18.3 Å². The van der Waals surface area contributed by atoms with Gasteiger partial charge >= 0.3 is 0 Å². The van der Waals surface area contributed by atoms with Crippen molar-refractivity contribution in [3.05, 3.63) is 18.2 Å². The van der Waals surface area contributed by atoms with E-state index < -0.39 is 5.60 Å². The third-order valence-electron chi connectivity index (χ3n) is 3.90. The predicted molar refractivity (Wildman–Crippen MR) is 82.0 cm³/mol. The Bertz CT molecular complexity index is 507. The van der Waals surface area contributed by atoms with Gasteiger partial charge in [-0.1, -0.05) is 27.7 Å². The van der Waals surface area contributed by atoms with Gasteiger partial charge < -0.3 is 15.4 Å². The lowest BCUT2D eigenvalue weighted by Crippen LogP contribution is -2.56. The van der Waals surface area contributed by atoms with E-state index in [1.54, 1.807) is 0 Å². The number of carbonyl (C=O) groups excluding carboxylic acids is 1. The molecular formula is C16H24N2O2. The SMILES string of the molecule is CCC1(CC)Oc2cc(N)ccc2N(CC(C)C)C1=O. The molecule has 0 unspecified atom stereocenters. The highest BCUT2D eigenvalue weighted by atomic mass is 16.5. The van der Waals surface area contributed by atoms with E-state index in [0.717, 1.165) is 5.69 Å². The number of rotatable bonds is 4. The first-order valence-electron chi connectivity index (χ1n) is 7.34. The first kappa shape index (κ1) is 14.7. The standard InChI is InChI=1S/C16H24N2O2/c1-5-16(6-2)15(19)18(10-11(3)4)13-8-7-12(17)9-14(13)20-16/h7-9,11H,5-6,10,17H2,1-4H3. The molecule has 0 saturated heterocycles. The topological polar surface area (TPSA) is 55.6 Å². The van der Waals surface area contributed by atoms with Gasteiger partial charge in [-0.2, -0.15) is 0 Å². The van der Waals surface area contributed by atoms with E-state index in [-0.39, 0.29) is 5.91 Å². The van der Waals surface area contributed by atoms with Crippen LogP contribution in [-0.4, -0.2) is 18.1 Å². The number of ether oxygens (including phenoxy) is 1. The number of benzene rings is 1. The van der Waals surface area contributed by atoms with E-state index in [1.807, 2.05) is 36.9 Å². The van der Waals surface area contributed by atoms with E-state index in [2.05, 4.69) is 13.8 Å². The van der Waals surface area contributed by atoms with Crippen LogP contribution in [0.2, 0.25) is 0 Å². The van der Waals surface area contributed by atoms with Crippen molar-refractivity contribution in [1.82, 2.24) is 0 Å². The summed E-state index contributed by atoms with van der Waals surface area (Å²) in [4.78, 5) is 14.7.